The zero-order valence-corrected chi connectivity index (χ0v) is 5.28. The summed E-state index contributed by atoms with van der Waals surface area (Å²) in [5, 5.41) is 0. The summed E-state index contributed by atoms with van der Waals surface area (Å²) in [6, 6.07) is 0. The van der Waals surface area contributed by atoms with Gasteiger partial charge in [0.05, 0.1) is 0 Å². The second-order valence-electron chi connectivity index (χ2n) is 1.11. The van der Waals surface area contributed by atoms with Crippen molar-refractivity contribution >= 4 is 0 Å². The first-order valence-electron chi connectivity index (χ1n) is 2.51. The summed E-state index contributed by atoms with van der Waals surface area (Å²) in [6.45, 7) is 10.8. The first-order valence-corrected chi connectivity index (χ1v) is 2.51. The molecule has 0 spiro atoms. The summed E-state index contributed by atoms with van der Waals surface area (Å²) in [5.74, 6) is 0. The average Bonchev–Trinajstić information content (AvgIpc) is 1.69. The van der Waals surface area contributed by atoms with E-state index in [4.69, 9.17) is 0 Å². The normalized spacial score (nSPS) is 5.43. The van der Waals surface area contributed by atoms with Gasteiger partial charge in [-0.15, -0.1) is 13.2 Å². The van der Waals surface area contributed by atoms with Gasteiger partial charge in [0.15, 0.2) is 0 Å². The van der Waals surface area contributed by atoms with Crippen molar-refractivity contribution in [3.63, 3.8) is 0 Å². The smallest absolute Gasteiger partial charge is 0.0382 e. The van der Waals surface area contributed by atoms with Crippen molar-refractivity contribution < 1.29 is 0 Å². The van der Waals surface area contributed by atoms with E-state index in [0.717, 1.165) is 6.42 Å². The zero-order chi connectivity index (χ0) is 6.12. The van der Waals surface area contributed by atoms with Gasteiger partial charge in [-0.2, -0.15) is 0 Å². The van der Waals surface area contributed by atoms with Crippen molar-refractivity contribution in [3.8, 4) is 0 Å². The lowest BCUT2D eigenvalue weighted by molar-refractivity contribution is 1.23. The van der Waals surface area contributed by atoms with Gasteiger partial charge in [-0.05, 0) is 13.3 Å². The number of hydrogen-bond donors (Lipinski definition) is 0. The third kappa shape index (κ3) is 288. The molecule has 0 aliphatic heterocycles. The second kappa shape index (κ2) is 17.9. The van der Waals surface area contributed by atoms with Crippen LogP contribution in [-0.2, 0) is 0 Å². The highest BCUT2D eigenvalue weighted by atomic mass is 13.5. The first-order chi connectivity index (χ1) is 3.33. The average molecular weight is 98.2 g/mol. The van der Waals surface area contributed by atoms with Gasteiger partial charge in [-0.1, -0.05) is 19.1 Å². The van der Waals surface area contributed by atoms with E-state index in [1.165, 1.54) is 0 Å². The minimum atomic E-state index is 1.08. The molecular weight excluding hydrogens is 84.1 g/mol. The summed E-state index contributed by atoms with van der Waals surface area (Å²) >= 11 is 0. The fourth-order valence-corrected chi connectivity index (χ4v) is 0. The SMILES string of the molecule is C=CC.C=CCC. The van der Waals surface area contributed by atoms with E-state index in [2.05, 4.69) is 20.1 Å². The summed E-state index contributed by atoms with van der Waals surface area (Å²) in [5.41, 5.74) is 0. The molecule has 0 unspecified atom stereocenters. The number of rotatable bonds is 1. The molecule has 0 rings (SSSR count). The van der Waals surface area contributed by atoms with Gasteiger partial charge in [0, 0.05) is 0 Å². The molecule has 7 heavy (non-hydrogen) atoms. The third-order valence-corrected chi connectivity index (χ3v) is 0.289. The Morgan fingerprint density at radius 1 is 1.43 bits per heavy atom. The summed E-state index contributed by atoms with van der Waals surface area (Å²) in [7, 11) is 0. The van der Waals surface area contributed by atoms with Gasteiger partial charge in [-0.3, -0.25) is 0 Å². The Labute approximate surface area is 46.6 Å². The topological polar surface area (TPSA) is 0 Å². The van der Waals surface area contributed by atoms with E-state index in [1.54, 1.807) is 6.08 Å². The van der Waals surface area contributed by atoms with E-state index in [1.807, 2.05) is 13.0 Å². The van der Waals surface area contributed by atoms with Gasteiger partial charge >= 0.3 is 0 Å². The Balaban J connectivity index is 0. The van der Waals surface area contributed by atoms with Crippen LogP contribution in [0.1, 0.15) is 20.3 Å². The molecular formula is C7H14. The highest BCUT2D eigenvalue weighted by molar-refractivity contribution is 4.60. The highest BCUT2D eigenvalue weighted by Crippen LogP contribution is 1.66. The fraction of sp³-hybridized carbons (Fsp3) is 0.429. The molecule has 0 nitrogen and oxygen atoms in total. The van der Waals surface area contributed by atoms with Crippen molar-refractivity contribution in [2.75, 3.05) is 0 Å². The van der Waals surface area contributed by atoms with Crippen LogP contribution in [0, 0.1) is 0 Å². The van der Waals surface area contributed by atoms with Gasteiger partial charge in [0.25, 0.3) is 0 Å². The van der Waals surface area contributed by atoms with Gasteiger partial charge in [-0.25, -0.2) is 0 Å². The van der Waals surface area contributed by atoms with Crippen LogP contribution in [0.5, 0.6) is 0 Å². The molecule has 0 aliphatic rings. The molecule has 0 fully saturated rings. The number of hydrogen-bond acceptors (Lipinski definition) is 0. The second-order valence-corrected chi connectivity index (χ2v) is 1.11. The Morgan fingerprint density at radius 2 is 1.57 bits per heavy atom. The molecule has 0 atom stereocenters. The van der Waals surface area contributed by atoms with Crippen molar-refractivity contribution in [3.05, 3.63) is 25.3 Å². The van der Waals surface area contributed by atoms with Crippen molar-refractivity contribution in [2.45, 2.75) is 20.3 Å². The van der Waals surface area contributed by atoms with Crippen molar-refractivity contribution in [2.24, 2.45) is 0 Å². The molecule has 0 aromatic heterocycles. The van der Waals surface area contributed by atoms with E-state index < -0.39 is 0 Å². The summed E-state index contributed by atoms with van der Waals surface area (Å²) < 4.78 is 0. The lowest BCUT2D eigenvalue weighted by atomic mass is 10.5. The van der Waals surface area contributed by atoms with E-state index >= 15 is 0 Å². The maximum absolute atomic E-state index is 3.48. The zero-order valence-electron chi connectivity index (χ0n) is 5.28. The van der Waals surface area contributed by atoms with Gasteiger partial charge in [0.1, 0.15) is 0 Å². The third-order valence-electron chi connectivity index (χ3n) is 0.289. The Bertz CT molecular complexity index is 35.3. The predicted molar refractivity (Wildman–Crippen MR) is 36.4 cm³/mol. The minimum Gasteiger partial charge on any atom is -0.103 e. The van der Waals surface area contributed by atoms with Crippen LogP contribution in [-0.4, -0.2) is 0 Å². The lowest BCUT2D eigenvalue weighted by Gasteiger charge is -1.57. The number of allylic oxidation sites excluding steroid dienone is 2. The molecule has 0 aliphatic carbocycles. The molecule has 0 aromatic carbocycles. The van der Waals surface area contributed by atoms with Crippen LogP contribution >= 0.6 is 0 Å². The molecule has 42 valence electrons. The van der Waals surface area contributed by atoms with Crippen molar-refractivity contribution in [1.29, 1.82) is 0 Å². The monoisotopic (exact) mass is 98.1 g/mol. The molecule has 0 aromatic rings. The standard InChI is InChI=1S/C4H8.C3H6/c1-3-4-2;1-3-2/h3H,1,4H2,2H3;3H,1H2,2H3. The Morgan fingerprint density at radius 3 is 1.57 bits per heavy atom. The highest BCUT2D eigenvalue weighted by Gasteiger charge is 1.45. The predicted octanol–water partition coefficient (Wildman–Crippen LogP) is 2.77. The molecule has 0 saturated heterocycles. The molecule has 0 N–H and O–H groups in total. The van der Waals surface area contributed by atoms with Crippen LogP contribution in [0.2, 0.25) is 0 Å². The molecule has 0 amide bonds. The lowest BCUT2D eigenvalue weighted by Crippen LogP contribution is -1.36. The minimum absolute atomic E-state index is 1.08. The van der Waals surface area contributed by atoms with Gasteiger partial charge in [0.2, 0.25) is 0 Å². The fourth-order valence-electron chi connectivity index (χ4n) is 0. The Kier molecular flexibility index (Phi) is 24.8. The van der Waals surface area contributed by atoms with Crippen LogP contribution in [0.3, 0.4) is 0 Å². The largest absolute Gasteiger partial charge is 0.103 e. The first kappa shape index (κ1) is 9.70. The van der Waals surface area contributed by atoms with E-state index in [0.29, 0.717) is 0 Å². The van der Waals surface area contributed by atoms with Crippen LogP contribution in [0.4, 0.5) is 0 Å². The van der Waals surface area contributed by atoms with E-state index in [-0.39, 0.29) is 0 Å². The molecule has 0 radical (unpaired) electrons. The maximum Gasteiger partial charge on any atom is -0.0382 e. The van der Waals surface area contributed by atoms with E-state index in [9.17, 15) is 0 Å². The Hall–Kier alpha value is -0.520. The van der Waals surface area contributed by atoms with Crippen LogP contribution in [0.15, 0.2) is 25.3 Å². The quantitative estimate of drug-likeness (QED) is 0.442. The van der Waals surface area contributed by atoms with Crippen LogP contribution in [0.25, 0.3) is 0 Å². The van der Waals surface area contributed by atoms with Gasteiger partial charge < -0.3 is 0 Å². The molecule has 0 bridgehead atoms. The molecule has 0 heterocycles. The van der Waals surface area contributed by atoms with Crippen molar-refractivity contribution in [1.82, 2.24) is 0 Å². The van der Waals surface area contributed by atoms with Crippen LogP contribution < -0.4 is 0 Å². The molecule has 0 saturated carbocycles. The summed E-state index contributed by atoms with van der Waals surface area (Å²) in [6.07, 6.45) is 4.71. The molecule has 0 heteroatoms. The maximum atomic E-state index is 3.48. The summed E-state index contributed by atoms with van der Waals surface area (Å²) in [4.78, 5) is 0.